The second-order valence-corrected chi connectivity index (χ2v) is 5.77. The van der Waals surface area contributed by atoms with Crippen molar-refractivity contribution in [2.45, 2.75) is 12.8 Å². The Kier molecular flexibility index (Phi) is 2.74. The number of alkyl halides is 1. The summed E-state index contributed by atoms with van der Waals surface area (Å²) in [4.78, 5) is 0. The first-order valence-corrected chi connectivity index (χ1v) is 6.35. The summed E-state index contributed by atoms with van der Waals surface area (Å²) >= 11 is 3.30. The smallest absolute Gasteiger partial charge is 0.150 e. The van der Waals surface area contributed by atoms with Gasteiger partial charge in [-0.2, -0.15) is 0 Å². The topological polar surface area (TPSA) is 34.1 Å². The monoisotopic (exact) mass is 226 g/mol. The van der Waals surface area contributed by atoms with Gasteiger partial charge < -0.3 is 0 Å². The molecule has 1 fully saturated rings. The van der Waals surface area contributed by atoms with Gasteiger partial charge in [0.15, 0.2) is 9.84 Å². The minimum absolute atomic E-state index is 0.407. The van der Waals surface area contributed by atoms with Crippen LogP contribution in [-0.4, -0.2) is 25.3 Å². The van der Waals surface area contributed by atoms with E-state index >= 15 is 0 Å². The average molecular weight is 227 g/mol. The Hall–Kier alpha value is 0.430. The second-order valence-electron chi connectivity index (χ2n) is 2.75. The zero-order valence-corrected chi connectivity index (χ0v) is 8.12. The van der Waals surface area contributed by atoms with E-state index in [1.807, 2.05) is 0 Å². The van der Waals surface area contributed by atoms with E-state index in [2.05, 4.69) is 15.9 Å². The lowest BCUT2D eigenvalue weighted by atomic mass is 10.1. The van der Waals surface area contributed by atoms with E-state index in [1.54, 1.807) is 0 Å². The Morgan fingerprint density at radius 3 is 2.60 bits per heavy atom. The second kappa shape index (κ2) is 3.22. The molecular formula is C6H11BrO2S. The van der Waals surface area contributed by atoms with Crippen molar-refractivity contribution in [2.75, 3.05) is 16.8 Å². The lowest BCUT2D eigenvalue weighted by molar-refractivity contribution is 0.575. The number of hydrogen-bond acceptors (Lipinski definition) is 2. The van der Waals surface area contributed by atoms with E-state index in [0.29, 0.717) is 17.4 Å². The SMILES string of the molecule is O=S1(=O)CC[C@@H](CCBr)C1. The van der Waals surface area contributed by atoms with E-state index in [0.717, 1.165) is 18.2 Å². The maximum atomic E-state index is 10.9. The van der Waals surface area contributed by atoms with Crippen molar-refractivity contribution in [3.8, 4) is 0 Å². The third-order valence-electron chi connectivity index (χ3n) is 1.84. The molecule has 1 saturated heterocycles. The molecule has 0 unspecified atom stereocenters. The summed E-state index contributed by atoms with van der Waals surface area (Å²) in [5.74, 6) is 1.24. The van der Waals surface area contributed by atoms with E-state index in [4.69, 9.17) is 0 Å². The van der Waals surface area contributed by atoms with E-state index < -0.39 is 9.84 Å². The number of hydrogen-bond donors (Lipinski definition) is 0. The summed E-state index contributed by atoms with van der Waals surface area (Å²) in [6.07, 6.45) is 1.87. The molecule has 0 aromatic rings. The molecule has 0 aromatic heterocycles. The molecule has 4 heteroatoms. The summed E-state index contributed by atoms with van der Waals surface area (Å²) < 4.78 is 21.8. The molecule has 0 saturated carbocycles. The molecule has 0 aliphatic carbocycles. The maximum absolute atomic E-state index is 10.9. The lowest BCUT2D eigenvalue weighted by Gasteiger charge is -2.01. The van der Waals surface area contributed by atoms with Gasteiger partial charge in [0.25, 0.3) is 0 Å². The van der Waals surface area contributed by atoms with Crippen molar-refractivity contribution < 1.29 is 8.42 Å². The number of rotatable bonds is 2. The number of sulfone groups is 1. The van der Waals surface area contributed by atoms with Gasteiger partial charge >= 0.3 is 0 Å². The van der Waals surface area contributed by atoms with Crippen LogP contribution in [0, 0.1) is 5.92 Å². The molecule has 0 amide bonds. The van der Waals surface area contributed by atoms with Crippen molar-refractivity contribution in [3.63, 3.8) is 0 Å². The molecule has 1 aliphatic rings. The van der Waals surface area contributed by atoms with E-state index in [9.17, 15) is 8.42 Å². The van der Waals surface area contributed by atoms with Crippen LogP contribution in [0.3, 0.4) is 0 Å². The Morgan fingerprint density at radius 1 is 1.50 bits per heavy atom. The fourth-order valence-corrected chi connectivity index (χ4v) is 3.81. The molecule has 0 radical (unpaired) electrons. The quantitative estimate of drug-likeness (QED) is 0.664. The summed E-state index contributed by atoms with van der Waals surface area (Å²) in [7, 11) is -2.64. The van der Waals surface area contributed by atoms with Crippen LogP contribution < -0.4 is 0 Å². The average Bonchev–Trinajstić information content (AvgIpc) is 2.12. The summed E-state index contributed by atoms with van der Waals surface area (Å²) in [5, 5.41) is 0.924. The highest BCUT2D eigenvalue weighted by molar-refractivity contribution is 9.09. The highest BCUT2D eigenvalue weighted by Crippen LogP contribution is 2.21. The fraction of sp³-hybridized carbons (Fsp3) is 1.00. The van der Waals surface area contributed by atoms with Gasteiger partial charge in [-0.05, 0) is 18.8 Å². The summed E-state index contributed by atoms with van der Waals surface area (Å²) in [5.41, 5.74) is 0. The standard InChI is InChI=1S/C6H11BrO2S/c7-3-1-6-2-4-10(8,9)5-6/h6H,1-5H2/t6-/m1/s1. The van der Waals surface area contributed by atoms with Crippen molar-refractivity contribution in [3.05, 3.63) is 0 Å². The molecule has 0 spiro atoms. The summed E-state index contributed by atoms with van der Waals surface area (Å²) in [6.45, 7) is 0. The van der Waals surface area contributed by atoms with Crippen LogP contribution in [0.25, 0.3) is 0 Å². The molecule has 1 heterocycles. The minimum atomic E-state index is -2.64. The van der Waals surface area contributed by atoms with Crippen LogP contribution in [0.2, 0.25) is 0 Å². The van der Waals surface area contributed by atoms with Gasteiger partial charge in [0, 0.05) is 5.33 Å². The minimum Gasteiger partial charge on any atom is -0.229 e. The van der Waals surface area contributed by atoms with Crippen LogP contribution in [-0.2, 0) is 9.84 Å². The molecule has 2 nitrogen and oxygen atoms in total. The molecule has 0 bridgehead atoms. The molecule has 1 aliphatic heterocycles. The molecule has 1 atom stereocenters. The lowest BCUT2D eigenvalue weighted by Crippen LogP contribution is -2.04. The van der Waals surface area contributed by atoms with E-state index in [1.165, 1.54) is 0 Å². The van der Waals surface area contributed by atoms with Crippen LogP contribution in [0.1, 0.15) is 12.8 Å². The normalized spacial score (nSPS) is 30.7. The Balaban J connectivity index is 2.44. The Morgan fingerprint density at radius 2 is 2.20 bits per heavy atom. The highest BCUT2D eigenvalue weighted by Gasteiger charge is 2.26. The highest BCUT2D eigenvalue weighted by atomic mass is 79.9. The van der Waals surface area contributed by atoms with Crippen LogP contribution >= 0.6 is 15.9 Å². The first kappa shape index (κ1) is 8.53. The molecule has 0 N–H and O–H groups in total. The van der Waals surface area contributed by atoms with Crippen LogP contribution in [0.15, 0.2) is 0 Å². The molecule has 10 heavy (non-hydrogen) atoms. The van der Waals surface area contributed by atoms with Gasteiger partial charge in [0.05, 0.1) is 11.5 Å². The fourth-order valence-electron chi connectivity index (χ4n) is 1.25. The summed E-state index contributed by atoms with van der Waals surface area (Å²) in [6, 6.07) is 0. The van der Waals surface area contributed by atoms with Gasteiger partial charge in [-0.3, -0.25) is 0 Å². The van der Waals surface area contributed by atoms with Gasteiger partial charge in [-0.15, -0.1) is 0 Å². The third-order valence-corrected chi connectivity index (χ3v) is 4.14. The van der Waals surface area contributed by atoms with Crippen LogP contribution in [0.4, 0.5) is 0 Å². The Bertz CT molecular complexity index is 198. The Labute approximate surface area is 70.1 Å². The van der Waals surface area contributed by atoms with Crippen molar-refractivity contribution >= 4 is 25.8 Å². The first-order valence-electron chi connectivity index (χ1n) is 3.40. The molecule has 60 valence electrons. The van der Waals surface area contributed by atoms with E-state index in [-0.39, 0.29) is 0 Å². The maximum Gasteiger partial charge on any atom is 0.150 e. The van der Waals surface area contributed by atoms with Crippen LogP contribution in [0.5, 0.6) is 0 Å². The van der Waals surface area contributed by atoms with Crippen molar-refractivity contribution in [2.24, 2.45) is 5.92 Å². The molecule has 1 rings (SSSR count). The molecule has 0 aromatic carbocycles. The van der Waals surface area contributed by atoms with Gasteiger partial charge in [-0.25, -0.2) is 8.42 Å². The number of halogens is 1. The zero-order valence-electron chi connectivity index (χ0n) is 5.72. The molecular weight excluding hydrogens is 216 g/mol. The first-order chi connectivity index (χ1) is 4.64. The van der Waals surface area contributed by atoms with Gasteiger partial charge in [-0.1, -0.05) is 15.9 Å². The predicted molar refractivity (Wildman–Crippen MR) is 45.2 cm³/mol. The zero-order chi connectivity index (χ0) is 7.61. The van der Waals surface area contributed by atoms with Crippen molar-refractivity contribution in [1.29, 1.82) is 0 Å². The van der Waals surface area contributed by atoms with Crippen molar-refractivity contribution in [1.82, 2.24) is 0 Å². The van der Waals surface area contributed by atoms with Gasteiger partial charge in [0.2, 0.25) is 0 Å². The predicted octanol–water partition coefficient (Wildman–Crippen LogP) is 1.21. The third kappa shape index (κ3) is 2.23. The van der Waals surface area contributed by atoms with Gasteiger partial charge in [0.1, 0.15) is 0 Å². The largest absolute Gasteiger partial charge is 0.229 e.